The second kappa shape index (κ2) is 17.1. The van der Waals surface area contributed by atoms with E-state index in [9.17, 15) is 35.1 Å². The van der Waals surface area contributed by atoms with E-state index in [4.69, 9.17) is 18.9 Å². The minimum atomic E-state index is -0.983. The van der Waals surface area contributed by atoms with E-state index >= 15 is 0 Å². The molecule has 0 heterocycles. The molecular formula is C34H36N4O11. The number of nitrogens with zero attached hydrogens (tertiary/aromatic N) is 4. The molecule has 0 bridgehead atoms. The number of carbonyl (C=O) groups is 1. The number of hydrogen-bond acceptors (Lipinski definition) is 12. The lowest BCUT2D eigenvalue weighted by molar-refractivity contribution is -0.393. The summed E-state index contributed by atoms with van der Waals surface area (Å²) in [7, 11) is 1.55. The smallest absolute Gasteiger partial charge is 0.339 e. The summed E-state index contributed by atoms with van der Waals surface area (Å²) in [5, 5.41) is 36.1. The monoisotopic (exact) mass is 676 g/mol. The zero-order chi connectivity index (χ0) is 35.5. The third kappa shape index (κ3) is 8.70. The van der Waals surface area contributed by atoms with Gasteiger partial charge in [-0.25, -0.2) is 4.79 Å². The summed E-state index contributed by atoms with van der Waals surface area (Å²) in [6.45, 7) is 6.89. The normalized spacial score (nSPS) is 12.6. The van der Waals surface area contributed by atoms with Crippen LogP contribution in [0.25, 0.3) is 22.8 Å². The molecule has 0 saturated heterocycles. The van der Waals surface area contributed by atoms with Crippen molar-refractivity contribution in [3.8, 4) is 11.1 Å². The lowest BCUT2D eigenvalue weighted by atomic mass is 9.97. The number of nitro groups is 3. The lowest BCUT2D eigenvalue weighted by Gasteiger charge is -2.20. The molecule has 0 aliphatic heterocycles. The largest absolute Gasteiger partial charge is 0.460 e. The van der Waals surface area contributed by atoms with Crippen LogP contribution in [0.1, 0.15) is 40.9 Å². The molecule has 0 spiro atoms. The first kappa shape index (κ1) is 36.3. The molecule has 49 heavy (non-hydrogen) atoms. The number of carbonyl (C=O) groups excluding carboxylic acids is 1. The molecule has 258 valence electrons. The number of esters is 1. The molecule has 3 aromatic rings. The highest BCUT2D eigenvalue weighted by atomic mass is 16.6. The highest BCUT2D eigenvalue weighted by Crippen LogP contribution is 2.52. The van der Waals surface area contributed by atoms with Gasteiger partial charge in [-0.15, -0.1) is 0 Å². The zero-order valence-electron chi connectivity index (χ0n) is 27.3. The summed E-state index contributed by atoms with van der Waals surface area (Å²) in [5.74, 6) is -0.983. The van der Waals surface area contributed by atoms with Crippen LogP contribution in [0.2, 0.25) is 0 Å². The van der Waals surface area contributed by atoms with Crippen LogP contribution in [0.3, 0.4) is 0 Å². The molecule has 3 aromatic carbocycles. The van der Waals surface area contributed by atoms with Crippen molar-refractivity contribution >= 4 is 40.4 Å². The third-order valence-electron chi connectivity index (χ3n) is 7.73. The molecule has 0 aromatic heterocycles. The molecule has 1 aliphatic carbocycles. The fourth-order valence-corrected chi connectivity index (χ4v) is 5.41. The van der Waals surface area contributed by atoms with Crippen LogP contribution in [0, 0.1) is 30.3 Å². The van der Waals surface area contributed by atoms with Crippen LogP contribution in [0.15, 0.2) is 60.7 Å². The number of rotatable bonds is 18. The molecule has 0 N–H and O–H groups in total. The predicted molar refractivity (Wildman–Crippen MR) is 182 cm³/mol. The number of benzene rings is 3. The van der Waals surface area contributed by atoms with E-state index in [1.807, 2.05) is 24.3 Å². The van der Waals surface area contributed by atoms with Gasteiger partial charge in [-0.05, 0) is 42.7 Å². The minimum absolute atomic E-state index is 0.00267. The first-order chi connectivity index (χ1) is 23.6. The Morgan fingerprint density at radius 3 is 1.90 bits per heavy atom. The Balaban J connectivity index is 1.74. The zero-order valence-corrected chi connectivity index (χ0v) is 27.3. The highest BCUT2D eigenvalue weighted by molar-refractivity contribution is 6.12. The fraction of sp³-hybridized carbons (Fsp3) is 0.324. The van der Waals surface area contributed by atoms with Gasteiger partial charge in [-0.2, -0.15) is 0 Å². The van der Waals surface area contributed by atoms with Crippen molar-refractivity contribution < 1.29 is 38.5 Å². The number of ether oxygens (including phenoxy) is 4. The van der Waals surface area contributed by atoms with Crippen LogP contribution < -0.4 is 4.90 Å². The van der Waals surface area contributed by atoms with Crippen LogP contribution in [0.5, 0.6) is 0 Å². The first-order valence-electron chi connectivity index (χ1n) is 15.5. The maximum Gasteiger partial charge on any atom is 0.339 e. The van der Waals surface area contributed by atoms with Crippen LogP contribution in [0.4, 0.5) is 22.7 Å². The maximum atomic E-state index is 13.4. The average Bonchev–Trinajstić information content (AvgIpc) is 3.40. The third-order valence-corrected chi connectivity index (χ3v) is 7.73. The summed E-state index contributed by atoms with van der Waals surface area (Å²) in [4.78, 5) is 49.4. The predicted octanol–water partition coefficient (Wildman–Crippen LogP) is 6.22. The topological polar surface area (TPSA) is 187 Å². The number of hydrogen-bond donors (Lipinski definition) is 0. The molecule has 1 aliphatic rings. The van der Waals surface area contributed by atoms with E-state index in [1.54, 1.807) is 25.3 Å². The van der Waals surface area contributed by atoms with Gasteiger partial charge in [-0.1, -0.05) is 30.4 Å². The fourth-order valence-electron chi connectivity index (χ4n) is 5.41. The standard InChI is InChI=1S/C34H36N4O11/c1-4-35(5-2)24-11-9-23(10-12-24)7-6-8-27-28-19-25(36(40)41)21-30(34(39)49-18-17-48-16-15-47-14-13-46-3)32(28)33-29(27)20-26(37(42)43)22-31(33)38(44)45/h6-12,19-22H,4-5,13-18H2,1-3H3/b7-6+,27-8+. The van der Waals surface area contributed by atoms with Gasteiger partial charge in [0, 0.05) is 55.2 Å². The Hall–Kier alpha value is -5.51. The summed E-state index contributed by atoms with van der Waals surface area (Å²) >= 11 is 0. The van der Waals surface area contributed by atoms with Crippen LogP contribution in [-0.2, 0) is 18.9 Å². The van der Waals surface area contributed by atoms with E-state index in [2.05, 4.69) is 18.7 Å². The Morgan fingerprint density at radius 1 is 0.755 bits per heavy atom. The first-order valence-corrected chi connectivity index (χ1v) is 15.5. The second-order valence-electron chi connectivity index (χ2n) is 10.6. The van der Waals surface area contributed by atoms with Crippen molar-refractivity contribution in [2.75, 3.05) is 64.7 Å². The minimum Gasteiger partial charge on any atom is -0.460 e. The van der Waals surface area contributed by atoms with Gasteiger partial charge in [0.1, 0.15) is 6.61 Å². The lowest BCUT2D eigenvalue weighted by Crippen LogP contribution is -2.21. The van der Waals surface area contributed by atoms with Crippen molar-refractivity contribution in [3.63, 3.8) is 0 Å². The van der Waals surface area contributed by atoms with Gasteiger partial charge in [0.05, 0.1) is 65.0 Å². The molecule has 0 radical (unpaired) electrons. The number of non-ortho nitro benzene ring substituents is 2. The van der Waals surface area contributed by atoms with Gasteiger partial charge in [0.2, 0.25) is 0 Å². The number of allylic oxidation sites excluding steroid dienone is 2. The molecule has 0 unspecified atom stereocenters. The Labute approximate surface area is 281 Å². The Morgan fingerprint density at radius 2 is 1.33 bits per heavy atom. The molecule has 0 atom stereocenters. The van der Waals surface area contributed by atoms with Gasteiger partial charge >= 0.3 is 5.97 Å². The van der Waals surface area contributed by atoms with E-state index < -0.39 is 37.8 Å². The summed E-state index contributed by atoms with van der Waals surface area (Å²) in [5.41, 5.74) is 0.241. The van der Waals surface area contributed by atoms with Crippen molar-refractivity contribution in [2.24, 2.45) is 0 Å². The summed E-state index contributed by atoms with van der Waals surface area (Å²) in [6, 6.07) is 11.9. The quantitative estimate of drug-likeness (QED) is 0.0502. The molecule has 15 nitrogen and oxygen atoms in total. The number of anilines is 1. The van der Waals surface area contributed by atoms with Crippen LogP contribution in [-0.4, -0.2) is 80.6 Å². The molecule has 0 amide bonds. The van der Waals surface area contributed by atoms with Gasteiger partial charge < -0.3 is 23.8 Å². The van der Waals surface area contributed by atoms with Gasteiger partial charge in [0.25, 0.3) is 17.1 Å². The molecular weight excluding hydrogens is 640 g/mol. The molecule has 0 saturated carbocycles. The van der Waals surface area contributed by atoms with E-state index in [1.165, 1.54) is 6.07 Å². The second-order valence-corrected chi connectivity index (χ2v) is 10.6. The van der Waals surface area contributed by atoms with Crippen molar-refractivity contribution in [1.82, 2.24) is 0 Å². The highest BCUT2D eigenvalue weighted by Gasteiger charge is 2.38. The Bertz CT molecular complexity index is 1770. The molecule has 15 heteroatoms. The number of nitro benzene ring substituents is 3. The average molecular weight is 677 g/mol. The Kier molecular flexibility index (Phi) is 12.6. The molecule has 0 fully saturated rings. The van der Waals surface area contributed by atoms with E-state index in [0.717, 1.165) is 42.5 Å². The van der Waals surface area contributed by atoms with E-state index in [0.29, 0.717) is 13.2 Å². The summed E-state index contributed by atoms with van der Waals surface area (Å²) < 4.78 is 21.0. The van der Waals surface area contributed by atoms with Crippen LogP contribution >= 0.6 is 0 Å². The van der Waals surface area contributed by atoms with Crippen molar-refractivity contribution in [2.45, 2.75) is 13.8 Å². The summed E-state index contributed by atoms with van der Waals surface area (Å²) in [6.07, 6.45) is 4.95. The van der Waals surface area contributed by atoms with Gasteiger partial charge in [-0.3, -0.25) is 30.3 Å². The number of methoxy groups -OCH3 is 1. The van der Waals surface area contributed by atoms with E-state index in [-0.39, 0.29) is 59.8 Å². The van der Waals surface area contributed by atoms with Crippen molar-refractivity contribution in [1.29, 1.82) is 0 Å². The van der Waals surface area contributed by atoms with Crippen molar-refractivity contribution in [3.05, 3.63) is 113 Å². The van der Waals surface area contributed by atoms with Gasteiger partial charge in [0.15, 0.2) is 0 Å². The molecule has 4 rings (SSSR count). The number of fused-ring (bicyclic) bond motifs is 3. The maximum absolute atomic E-state index is 13.4. The SMILES string of the molecule is CCN(CC)c1ccc(/C=C/C=C2\c3cc([N+](=O)[O-])cc(C(=O)OCCOCCOCCOC)c3-c3c2cc([N+](=O)[O-])cc3[N+](=O)[O-])cc1.